The van der Waals surface area contributed by atoms with Gasteiger partial charge in [0.05, 0.1) is 17.0 Å². The highest BCUT2D eigenvalue weighted by Gasteiger charge is 2.12. The molecule has 0 spiro atoms. The average molecular weight is 325 g/mol. The third-order valence-corrected chi connectivity index (χ3v) is 3.72. The molecule has 3 N–H and O–H groups in total. The Bertz CT molecular complexity index is 479. The van der Waals surface area contributed by atoms with Gasteiger partial charge in [-0.3, -0.25) is 10.1 Å². The summed E-state index contributed by atoms with van der Waals surface area (Å²) in [5.74, 6) is 1.14. The van der Waals surface area contributed by atoms with Crippen LogP contribution >= 0.6 is 0 Å². The van der Waals surface area contributed by atoms with Crippen LogP contribution in [0.2, 0.25) is 0 Å². The van der Waals surface area contributed by atoms with E-state index in [2.05, 4.69) is 26.1 Å². The maximum absolute atomic E-state index is 10.7. The second kappa shape index (κ2) is 10.2. The largest absolute Gasteiger partial charge is 0.490 e. The molecule has 0 radical (unpaired) electrons. The van der Waals surface area contributed by atoms with Gasteiger partial charge in [0.15, 0.2) is 0 Å². The quantitative estimate of drug-likeness (QED) is 0.482. The predicted octanol–water partition coefficient (Wildman–Crippen LogP) is 2.11. The number of nitro groups is 1. The van der Waals surface area contributed by atoms with Crippen molar-refractivity contribution in [1.82, 2.24) is 0 Å². The number of aliphatic hydroxyl groups is 1. The molecular weight excluding hydrogens is 296 g/mol. The lowest BCUT2D eigenvalue weighted by Gasteiger charge is -2.15. The molecule has 0 amide bonds. The zero-order chi connectivity index (χ0) is 17.2. The number of nitrogens with two attached hydrogens (primary N) is 1. The second-order valence-corrected chi connectivity index (χ2v) is 6.49. The molecule has 2 atom stereocenters. The van der Waals surface area contributed by atoms with Crippen molar-refractivity contribution in [3.05, 3.63) is 34.4 Å². The average Bonchev–Trinajstić information content (AvgIpc) is 2.50. The smallest absolute Gasteiger partial charge is 0.273 e. The van der Waals surface area contributed by atoms with E-state index in [9.17, 15) is 15.2 Å². The molecule has 130 valence electrons. The van der Waals surface area contributed by atoms with Gasteiger partial charge in [0, 0.05) is 6.07 Å². The third-order valence-electron chi connectivity index (χ3n) is 3.72. The van der Waals surface area contributed by atoms with Gasteiger partial charge in [-0.2, -0.15) is 0 Å². The minimum atomic E-state index is -0.596. The van der Waals surface area contributed by atoms with Crippen LogP contribution in [0.25, 0.3) is 0 Å². The maximum Gasteiger partial charge on any atom is 0.273 e. The summed E-state index contributed by atoms with van der Waals surface area (Å²) in [6.07, 6.45) is 2.98. The Morgan fingerprint density at radius 3 is 2.70 bits per heavy atom. The van der Waals surface area contributed by atoms with Crippen LogP contribution in [0.5, 0.6) is 5.75 Å². The number of nitro benzene ring substituents is 1. The van der Waals surface area contributed by atoms with Crippen molar-refractivity contribution >= 4 is 5.69 Å². The van der Waals surface area contributed by atoms with Crippen molar-refractivity contribution in [2.24, 2.45) is 5.92 Å². The molecule has 0 saturated carbocycles. The number of hydrogen-bond donors (Lipinski definition) is 2. The monoisotopic (exact) mass is 325 g/mol. The van der Waals surface area contributed by atoms with Crippen LogP contribution in [-0.4, -0.2) is 35.3 Å². The summed E-state index contributed by atoms with van der Waals surface area (Å²) in [6.45, 7) is 7.31. The fourth-order valence-corrected chi connectivity index (χ4v) is 2.30. The van der Waals surface area contributed by atoms with E-state index < -0.39 is 11.0 Å². The summed E-state index contributed by atoms with van der Waals surface area (Å²) in [5, 5.41) is 22.8. The van der Waals surface area contributed by atoms with Gasteiger partial charge in [-0.25, -0.2) is 0 Å². The first-order valence-electron chi connectivity index (χ1n) is 8.27. The van der Waals surface area contributed by atoms with E-state index in [4.69, 9.17) is 4.74 Å². The van der Waals surface area contributed by atoms with Crippen LogP contribution < -0.4 is 10.1 Å². The summed E-state index contributed by atoms with van der Waals surface area (Å²) < 4.78 is 5.43. The van der Waals surface area contributed by atoms with Gasteiger partial charge in [0.1, 0.15) is 25.0 Å². The van der Waals surface area contributed by atoms with Crippen molar-refractivity contribution in [1.29, 1.82) is 0 Å². The zero-order valence-electron chi connectivity index (χ0n) is 14.3. The molecule has 1 aromatic rings. The highest BCUT2D eigenvalue weighted by Crippen LogP contribution is 2.19. The van der Waals surface area contributed by atoms with Gasteiger partial charge in [-0.1, -0.05) is 26.3 Å². The number of ether oxygens (including phenoxy) is 1. The highest BCUT2D eigenvalue weighted by atomic mass is 16.6. The molecule has 1 rings (SSSR count). The van der Waals surface area contributed by atoms with Crippen LogP contribution in [0.15, 0.2) is 24.3 Å². The molecule has 0 aliphatic carbocycles. The Kier molecular flexibility index (Phi) is 8.58. The summed E-state index contributed by atoms with van der Waals surface area (Å²) in [6, 6.07) is 6.47. The molecule has 23 heavy (non-hydrogen) atoms. The van der Waals surface area contributed by atoms with E-state index in [0.29, 0.717) is 18.3 Å². The summed E-state index contributed by atoms with van der Waals surface area (Å²) in [4.78, 5) is 10.2. The molecule has 0 bridgehead atoms. The fraction of sp³-hybridized carbons (Fsp3) is 0.647. The molecule has 0 heterocycles. The number of quaternary nitrogens is 1. The number of benzene rings is 1. The highest BCUT2D eigenvalue weighted by molar-refractivity contribution is 5.37. The topological polar surface area (TPSA) is 89.2 Å². The van der Waals surface area contributed by atoms with Gasteiger partial charge < -0.3 is 15.2 Å². The van der Waals surface area contributed by atoms with Crippen molar-refractivity contribution in [2.75, 3.05) is 13.2 Å². The lowest BCUT2D eigenvalue weighted by atomic mass is 10.0. The molecule has 0 aromatic heterocycles. The van der Waals surface area contributed by atoms with Gasteiger partial charge in [-0.15, -0.1) is 0 Å². The normalized spacial score (nSPS) is 13.8. The molecule has 6 nitrogen and oxygen atoms in total. The minimum absolute atomic E-state index is 0.0117. The third kappa shape index (κ3) is 8.52. The summed E-state index contributed by atoms with van der Waals surface area (Å²) in [7, 11) is 0. The molecule has 0 fully saturated rings. The molecule has 6 heteroatoms. The fourth-order valence-electron chi connectivity index (χ4n) is 2.30. The van der Waals surface area contributed by atoms with Crippen LogP contribution in [0, 0.1) is 16.0 Å². The van der Waals surface area contributed by atoms with Crippen molar-refractivity contribution in [3.63, 3.8) is 0 Å². The molecule has 0 aliphatic rings. The number of rotatable bonds is 11. The van der Waals surface area contributed by atoms with Crippen LogP contribution in [0.3, 0.4) is 0 Å². The Labute approximate surface area is 138 Å². The number of aliphatic hydroxyl groups excluding tert-OH is 1. The Morgan fingerprint density at radius 2 is 2.04 bits per heavy atom. The summed E-state index contributed by atoms with van der Waals surface area (Å²) >= 11 is 0. The molecule has 0 unspecified atom stereocenters. The van der Waals surface area contributed by atoms with E-state index in [-0.39, 0.29) is 12.3 Å². The van der Waals surface area contributed by atoms with Crippen LogP contribution in [0.1, 0.15) is 40.0 Å². The minimum Gasteiger partial charge on any atom is -0.490 e. The lowest BCUT2D eigenvalue weighted by Crippen LogP contribution is -2.91. The number of hydrogen-bond acceptors (Lipinski definition) is 4. The molecule has 1 aromatic carbocycles. The number of nitrogens with zero attached hydrogens (tertiary/aromatic N) is 1. The summed E-state index contributed by atoms with van der Waals surface area (Å²) in [5.41, 5.74) is -0.0117. The van der Waals surface area contributed by atoms with E-state index >= 15 is 0 Å². The van der Waals surface area contributed by atoms with Gasteiger partial charge in [0.25, 0.3) is 5.69 Å². The zero-order valence-corrected chi connectivity index (χ0v) is 14.3. The van der Waals surface area contributed by atoms with Gasteiger partial charge >= 0.3 is 0 Å². The van der Waals surface area contributed by atoms with Crippen molar-refractivity contribution < 1.29 is 20.1 Å². The first-order valence-corrected chi connectivity index (χ1v) is 8.27. The van der Waals surface area contributed by atoms with Gasteiger partial charge in [-0.05, 0) is 31.7 Å². The van der Waals surface area contributed by atoms with E-state index in [1.54, 1.807) is 12.1 Å². The Morgan fingerprint density at radius 1 is 1.30 bits per heavy atom. The predicted molar refractivity (Wildman–Crippen MR) is 89.5 cm³/mol. The SMILES string of the molecule is CC(C)CCC[C@@H](C)[NH2+]C[C@H](O)COc1cccc([N+](=O)[O-])c1. The molecule has 0 aliphatic heterocycles. The first-order chi connectivity index (χ1) is 10.9. The van der Waals surface area contributed by atoms with E-state index in [0.717, 1.165) is 12.3 Å². The second-order valence-electron chi connectivity index (χ2n) is 6.49. The van der Waals surface area contributed by atoms with Crippen molar-refractivity contribution in [2.45, 2.75) is 52.2 Å². The van der Waals surface area contributed by atoms with Crippen molar-refractivity contribution in [3.8, 4) is 5.75 Å². The first kappa shape index (κ1) is 19.4. The van der Waals surface area contributed by atoms with E-state index in [1.165, 1.54) is 25.0 Å². The molecule has 0 saturated heterocycles. The van der Waals surface area contributed by atoms with Crippen LogP contribution in [0.4, 0.5) is 5.69 Å². The standard InChI is InChI=1S/C17H28N2O4/c1-13(2)6-4-7-14(3)18-11-16(20)12-23-17-9-5-8-15(10-17)19(21)22/h5,8-10,13-14,16,18,20H,4,6-7,11-12H2,1-3H3/p+1/t14-,16+/m1/s1. The molecular formula is C17H29N2O4+. The van der Waals surface area contributed by atoms with E-state index in [1.807, 2.05) is 0 Å². The maximum atomic E-state index is 10.7. The lowest BCUT2D eigenvalue weighted by molar-refractivity contribution is -0.692. The Hall–Kier alpha value is -1.66. The number of non-ortho nitro benzene ring substituents is 1. The van der Waals surface area contributed by atoms with Gasteiger partial charge in [0.2, 0.25) is 0 Å². The van der Waals surface area contributed by atoms with Crippen LogP contribution in [-0.2, 0) is 0 Å². The Balaban J connectivity index is 2.25.